The second-order valence-electron chi connectivity index (χ2n) is 3.18. The van der Waals surface area contributed by atoms with Crippen LogP contribution in [0.2, 0.25) is 0 Å². The molecule has 1 atom stereocenters. The van der Waals surface area contributed by atoms with Crippen molar-refractivity contribution in [1.82, 2.24) is 9.80 Å². The Balaban J connectivity index is 2.34. The van der Waals surface area contributed by atoms with Gasteiger partial charge in [0.15, 0.2) is 0 Å². The van der Waals surface area contributed by atoms with Crippen molar-refractivity contribution in [3.63, 3.8) is 0 Å². The van der Waals surface area contributed by atoms with E-state index in [4.69, 9.17) is 6.42 Å². The van der Waals surface area contributed by atoms with Crippen molar-refractivity contribution in [3.05, 3.63) is 0 Å². The lowest BCUT2D eigenvalue weighted by molar-refractivity contribution is 0.139. The number of rotatable bonds is 1. The van der Waals surface area contributed by atoms with Crippen LogP contribution in [0.4, 0.5) is 0 Å². The van der Waals surface area contributed by atoms with Gasteiger partial charge >= 0.3 is 0 Å². The fraction of sp³-hybridized carbons (Fsp3) is 0.778. The van der Waals surface area contributed by atoms with E-state index in [1.807, 2.05) is 0 Å². The first-order valence-electron chi connectivity index (χ1n) is 4.13. The van der Waals surface area contributed by atoms with Crippen LogP contribution in [-0.2, 0) is 0 Å². The smallest absolute Gasteiger partial charge is 0.0684 e. The van der Waals surface area contributed by atoms with E-state index in [2.05, 4.69) is 29.7 Å². The highest BCUT2D eigenvalue weighted by Crippen LogP contribution is 2.03. The second kappa shape index (κ2) is 3.75. The zero-order valence-corrected chi connectivity index (χ0v) is 7.38. The van der Waals surface area contributed by atoms with E-state index in [0.29, 0.717) is 6.04 Å². The maximum Gasteiger partial charge on any atom is 0.0684 e. The van der Waals surface area contributed by atoms with Gasteiger partial charge in [-0.2, -0.15) is 0 Å². The molecule has 2 nitrogen and oxygen atoms in total. The Bertz CT molecular complexity index is 151. The summed E-state index contributed by atoms with van der Waals surface area (Å²) in [7, 11) is 2.15. The van der Waals surface area contributed by atoms with Gasteiger partial charge in [0.2, 0.25) is 0 Å². The van der Waals surface area contributed by atoms with Gasteiger partial charge in [0.05, 0.1) is 6.04 Å². The van der Waals surface area contributed by atoms with Gasteiger partial charge in [0.25, 0.3) is 0 Å². The third kappa shape index (κ3) is 2.21. The van der Waals surface area contributed by atoms with E-state index >= 15 is 0 Å². The van der Waals surface area contributed by atoms with Gasteiger partial charge in [-0.1, -0.05) is 5.92 Å². The molecule has 0 bridgehead atoms. The molecular weight excluding hydrogens is 136 g/mol. The summed E-state index contributed by atoms with van der Waals surface area (Å²) in [6, 6.07) is 0.309. The summed E-state index contributed by atoms with van der Waals surface area (Å²) in [6.45, 7) is 6.60. The summed E-state index contributed by atoms with van der Waals surface area (Å²) in [4.78, 5) is 4.68. The van der Waals surface area contributed by atoms with Crippen molar-refractivity contribution < 1.29 is 0 Å². The molecule has 0 N–H and O–H groups in total. The topological polar surface area (TPSA) is 6.48 Å². The predicted molar refractivity (Wildman–Crippen MR) is 47.4 cm³/mol. The minimum absolute atomic E-state index is 0.309. The van der Waals surface area contributed by atoms with Crippen LogP contribution in [0, 0.1) is 12.3 Å². The van der Waals surface area contributed by atoms with E-state index in [1.54, 1.807) is 0 Å². The molecule has 1 rings (SSSR count). The highest BCUT2D eigenvalue weighted by Gasteiger charge is 2.16. The van der Waals surface area contributed by atoms with Crippen LogP contribution in [0.15, 0.2) is 0 Å². The minimum Gasteiger partial charge on any atom is -0.304 e. The van der Waals surface area contributed by atoms with Gasteiger partial charge in [-0.3, -0.25) is 4.90 Å². The molecule has 0 spiro atoms. The zero-order chi connectivity index (χ0) is 8.27. The fourth-order valence-corrected chi connectivity index (χ4v) is 1.31. The van der Waals surface area contributed by atoms with E-state index in [1.165, 1.54) is 0 Å². The van der Waals surface area contributed by atoms with Crippen molar-refractivity contribution in [3.8, 4) is 12.3 Å². The number of terminal acetylenes is 1. The largest absolute Gasteiger partial charge is 0.304 e. The molecule has 2 heteroatoms. The Morgan fingerprint density at radius 1 is 1.27 bits per heavy atom. The van der Waals surface area contributed by atoms with Gasteiger partial charge in [0, 0.05) is 26.2 Å². The molecule has 1 heterocycles. The lowest BCUT2D eigenvalue weighted by atomic mass is 10.2. The SMILES string of the molecule is C#C[C@H](C)N1CCN(C)CC1. The molecule has 62 valence electrons. The Kier molecular flexibility index (Phi) is 2.92. The average molecular weight is 152 g/mol. The first kappa shape index (κ1) is 8.58. The molecule has 0 aromatic rings. The monoisotopic (exact) mass is 152 g/mol. The van der Waals surface area contributed by atoms with Crippen molar-refractivity contribution in [1.29, 1.82) is 0 Å². The molecule has 0 aromatic carbocycles. The summed E-state index contributed by atoms with van der Waals surface area (Å²) in [5, 5.41) is 0. The van der Waals surface area contributed by atoms with Crippen LogP contribution < -0.4 is 0 Å². The Morgan fingerprint density at radius 3 is 2.27 bits per heavy atom. The highest BCUT2D eigenvalue weighted by atomic mass is 15.3. The standard InChI is InChI=1S/C9H16N2/c1-4-9(2)11-7-5-10(3)6-8-11/h1,9H,5-8H2,2-3H3/t9-/m0/s1. The van der Waals surface area contributed by atoms with Gasteiger partial charge in [-0.15, -0.1) is 6.42 Å². The normalized spacial score (nSPS) is 24.5. The number of piperazine rings is 1. The molecule has 1 aliphatic heterocycles. The lowest BCUT2D eigenvalue weighted by Crippen LogP contribution is -2.47. The van der Waals surface area contributed by atoms with Gasteiger partial charge in [-0.05, 0) is 14.0 Å². The predicted octanol–water partition coefficient (Wildman–Crippen LogP) is 0.256. The zero-order valence-electron chi connectivity index (χ0n) is 7.38. The third-order valence-electron chi connectivity index (χ3n) is 2.33. The molecule has 0 aliphatic carbocycles. The van der Waals surface area contributed by atoms with Crippen molar-refractivity contribution >= 4 is 0 Å². The van der Waals surface area contributed by atoms with Crippen molar-refractivity contribution in [2.24, 2.45) is 0 Å². The van der Waals surface area contributed by atoms with E-state index in [-0.39, 0.29) is 0 Å². The molecule has 11 heavy (non-hydrogen) atoms. The molecule has 0 amide bonds. The summed E-state index contributed by atoms with van der Waals surface area (Å²) >= 11 is 0. The Morgan fingerprint density at radius 2 is 1.82 bits per heavy atom. The molecule has 1 fully saturated rings. The quantitative estimate of drug-likeness (QED) is 0.497. The van der Waals surface area contributed by atoms with Crippen LogP contribution in [0.1, 0.15) is 6.92 Å². The van der Waals surface area contributed by atoms with Crippen LogP contribution in [0.3, 0.4) is 0 Å². The molecule has 0 aromatic heterocycles. The highest BCUT2D eigenvalue weighted by molar-refractivity contribution is 4.98. The number of likely N-dealkylation sites (N-methyl/N-ethyl adjacent to an activating group) is 1. The van der Waals surface area contributed by atoms with Crippen LogP contribution in [-0.4, -0.2) is 49.1 Å². The first-order valence-corrected chi connectivity index (χ1v) is 4.13. The Hall–Kier alpha value is -0.520. The molecule has 0 radical (unpaired) electrons. The first-order chi connectivity index (χ1) is 5.24. The van der Waals surface area contributed by atoms with Gasteiger partial charge < -0.3 is 4.90 Å². The van der Waals surface area contributed by atoms with Gasteiger partial charge in [-0.25, -0.2) is 0 Å². The maximum atomic E-state index is 5.33. The lowest BCUT2D eigenvalue weighted by Gasteiger charge is -2.34. The number of hydrogen-bond donors (Lipinski definition) is 0. The molecule has 0 saturated carbocycles. The summed E-state index contributed by atoms with van der Waals surface area (Å²) < 4.78 is 0. The average Bonchev–Trinajstić information content (AvgIpc) is 2.05. The summed E-state index contributed by atoms with van der Waals surface area (Å²) in [5.74, 6) is 2.76. The molecule has 0 unspecified atom stereocenters. The maximum absolute atomic E-state index is 5.33. The molecular formula is C9H16N2. The number of nitrogens with zero attached hydrogens (tertiary/aromatic N) is 2. The van der Waals surface area contributed by atoms with Crippen LogP contribution >= 0.6 is 0 Å². The second-order valence-corrected chi connectivity index (χ2v) is 3.18. The minimum atomic E-state index is 0.309. The van der Waals surface area contributed by atoms with Gasteiger partial charge in [0.1, 0.15) is 0 Å². The summed E-state index contributed by atoms with van der Waals surface area (Å²) in [6.07, 6.45) is 5.33. The van der Waals surface area contributed by atoms with Crippen LogP contribution in [0.5, 0.6) is 0 Å². The van der Waals surface area contributed by atoms with E-state index in [9.17, 15) is 0 Å². The third-order valence-corrected chi connectivity index (χ3v) is 2.33. The molecule has 1 aliphatic rings. The van der Waals surface area contributed by atoms with E-state index < -0.39 is 0 Å². The number of hydrogen-bond acceptors (Lipinski definition) is 2. The molecule has 1 saturated heterocycles. The van der Waals surface area contributed by atoms with E-state index in [0.717, 1.165) is 26.2 Å². The van der Waals surface area contributed by atoms with Crippen molar-refractivity contribution in [2.75, 3.05) is 33.2 Å². The Labute approximate surface area is 69.2 Å². The summed E-state index contributed by atoms with van der Waals surface area (Å²) in [5.41, 5.74) is 0. The van der Waals surface area contributed by atoms with Crippen LogP contribution in [0.25, 0.3) is 0 Å². The fourth-order valence-electron chi connectivity index (χ4n) is 1.31. The van der Waals surface area contributed by atoms with Crippen molar-refractivity contribution in [2.45, 2.75) is 13.0 Å².